The Morgan fingerprint density at radius 2 is 1.86 bits per heavy atom. The van der Waals surface area contributed by atoms with Gasteiger partial charge in [0, 0.05) is 0 Å². The topological polar surface area (TPSA) is 20.2 Å². The van der Waals surface area contributed by atoms with E-state index in [0.717, 1.165) is 12.1 Å². The van der Waals surface area contributed by atoms with Crippen molar-refractivity contribution in [2.45, 2.75) is 10.4 Å². The Kier molecular flexibility index (Phi) is 3.31. The van der Waals surface area contributed by atoms with Crippen LogP contribution in [0.4, 0.5) is 17.6 Å². The molecule has 0 bridgehead atoms. The molecule has 0 atom stereocenters. The molecule has 0 saturated heterocycles. The van der Waals surface area contributed by atoms with Crippen molar-refractivity contribution in [2.24, 2.45) is 0 Å². The van der Waals surface area contributed by atoms with Gasteiger partial charge in [0.05, 0.1) is 9.37 Å². The quantitative estimate of drug-likeness (QED) is 0.625. The van der Waals surface area contributed by atoms with Gasteiger partial charge in [-0.05, 0) is 39.8 Å². The first-order valence-electron chi connectivity index (χ1n) is 3.24. The summed E-state index contributed by atoms with van der Waals surface area (Å²) in [5.74, 6) is -2.10. The van der Waals surface area contributed by atoms with Crippen LogP contribution in [-0.2, 0) is 0 Å². The van der Waals surface area contributed by atoms with Crippen molar-refractivity contribution in [3.8, 4) is 5.75 Å². The van der Waals surface area contributed by atoms with Gasteiger partial charge in [-0.1, -0.05) is 0 Å². The summed E-state index contributed by atoms with van der Waals surface area (Å²) in [5, 5.41) is 9.02. The van der Waals surface area contributed by atoms with E-state index in [0.29, 0.717) is 0 Å². The van der Waals surface area contributed by atoms with Crippen LogP contribution in [0.5, 0.6) is 5.75 Å². The molecule has 0 saturated carbocycles. The molecule has 1 rings (SSSR count). The molecule has 0 unspecified atom stereocenters. The van der Waals surface area contributed by atoms with Crippen LogP contribution in [0.2, 0.25) is 0 Å². The maximum atomic E-state index is 12.9. The molecule has 1 N–H and O–H groups in total. The molecule has 0 fully saturated rings. The normalized spacial score (nSPS) is 11.8. The molecule has 14 heavy (non-hydrogen) atoms. The first kappa shape index (κ1) is 11.6. The van der Waals surface area contributed by atoms with Gasteiger partial charge in [-0.2, -0.15) is 13.2 Å². The summed E-state index contributed by atoms with van der Waals surface area (Å²) < 4.78 is 48.4. The summed E-state index contributed by atoms with van der Waals surface area (Å²) in [6.07, 6.45) is 0. The third kappa shape index (κ3) is 2.78. The number of phenolic OH excluding ortho intramolecular Hbond substituents is 1. The third-order valence-corrected chi connectivity index (χ3v) is 2.65. The van der Waals surface area contributed by atoms with E-state index in [1.54, 1.807) is 0 Å². The van der Waals surface area contributed by atoms with Gasteiger partial charge in [-0.15, -0.1) is 0 Å². The lowest BCUT2D eigenvalue weighted by Gasteiger charge is -2.08. The molecule has 78 valence electrons. The summed E-state index contributed by atoms with van der Waals surface area (Å²) in [7, 11) is 0. The van der Waals surface area contributed by atoms with Crippen molar-refractivity contribution in [1.82, 2.24) is 0 Å². The van der Waals surface area contributed by atoms with Gasteiger partial charge in [0.15, 0.2) is 11.6 Å². The van der Waals surface area contributed by atoms with E-state index in [2.05, 4.69) is 15.9 Å². The Balaban J connectivity index is 3.06. The number of aromatic hydroxyl groups is 1. The molecule has 0 aliphatic rings. The number of hydrogen-bond acceptors (Lipinski definition) is 2. The van der Waals surface area contributed by atoms with Crippen molar-refractivity contribution < 1.29 is 22.7 Å². The van der Waals surface area contributed by atoms with Gasteiger partial charge in [0.1, 0.15) is 0 Å². The van der Waals surface area contributed by atoms with Crippen LogP contribution in [0, 0.1) is 5.82 Å². The number of hydrogen-bond donors (Lipinski definition) is 1. The second-order valence-electron chi connectivity index (χ2n) is 2.26. The second kappa shape index (κ2) is 3.98. The van der Waals surface area contributed by atoms with Gasteiger partial charge in [-0.25, -0.2) is 4.39 Å². The molecule has 0 heterocycles. The standard InChI is InChI=1S/C7H3BrF4OS/c8-3-1-2-4(6(13)5(3)9)14-7(10,11)12/h1-2,13H. The molecular formula is C7H3BrF4OS. The summed E-state index contributed by atoms with van der Waals surface area (Å²) in [6, 6.07) is 2.09. The fraction of sp³-hybridized carbons (Fsp3) is 0.143. The Morgan fingerprint density at radius 3 is 2.36 bits per heavy atom. The lowest BCUT2D eigenvalue weighted by atomic mass is 10.3. The maximum Gasteiger partial charge on any atom is 0.446 e. The SMILES string of the molecule is Oc1c(SC(F)(F)F)ccc(Br)c1F. The average molecular weight is 291 g/mol. The molecule has 1 aromatic carbocycles. The van der Waals surface area contributed by atoms with Crippen molar-refractivity contribution in [3.05, 3.63) is 22.4 Å². The predicted molar refractivity (Wildman–Crippen MR) is 47.7 cm³/mol. The predicted octanol–water partition coefficient (Wildman–Crippen LogP) is 3.91. The zero-order chi connectivity index (χ0) is 10.9. The second-order valence-corrected chi connectivity index (χ2v) is 4.22. The largest absolute Gasteiger partial charge is 0.504 e. The van der Waals surface area contributed by atoms with Crippen LogP contribution < -0.4 is 0 Å². The van der Waals surface area contributed by atoms with Crippen LogP contribution in [-0.4, -0.2) is 10.6 Å². The van der Waals surface area contributed by atoms with Gasteiger partial charge in [-0.3, -0.25) is 0 Å². The Labute approximate surface area is 89.2 Å². The third-order valence-electron chi connectivity index (χ3n) is 1.26. The molecule has 0 aromatic heterocycles. The number of phenols is 1. The molecule has 0 aliphatic heterocycles. The van der Waals surface area contributed by atoms with Crippen LogP contribution in [0.1, 0.15) is 0 Å². The van der Waals surface area contributed by atoms with Crippen LogP contribution in [0.15, 0.2) is 21.5 Å². The zero-order valence-corrected chi connectivity index (χ0v) is 8.80. The highest BCUT2D eigenvalue weighted by atomic mass is 79.9. The first-order valence-corrected chi connectivity index (χ1v) is 4.85. The first-order chi connectivity index (χ1) is 6.31. The number of alkyl halides is 3. The summed E-state index contributed by atoms with van der Waals surface area (Å²) in [6.45, 7) is 0. The zero-order valence-electron chi connectivity index (χ0n) is 6.40. The summed E-state index contributed by atoms with van der Waals surface area (Å²) in [4.78, 5) is -0.557. The molecule has 1 nitrogen and oxygen atoms in total. The fourth-order valence-electron chi connectivity index (χ4n) is 0.729. The van der Waals surface area contributed by atoms with Crippen molar-refractivity contribution >= 4 is 27.7 Å². The molecular weight excluding hydrogens is 288 g/mol. The minimum atomic E-state index is -4.54. The van der Waals surface area contributed by atoms with Gasteiger partial charge < -0.3 is 5.11 Å². The lowest BCUT2D eigenvalue weighted by molar-refractivity contribution is -0.0329. The minimum Gasteiger partial charge on any atom is -0.504 e. The van der Waals surface area contributed by atoms with E-state index < -0.39 is 33.7 Å². The molecule has 0 aliphatic carbocycles. The van der Waals surface area contributed by atoms with E-state index in [1.807, 2.05) is 0 Å². The molecule has 0 amide bonds. The van der Waals surface area contributed by atoms with Gasteiger partial charge >= 0.3 is 5.51 Å². The maximum absolute atomic E-state index is 12.9. The smallest absolute Gasteiger partial charge is 0.446 e. The van der Waals surface area contributed by atoms with Crippen molar-refractivity contribution in [2.75, 3.05) is 0 Å². The van der Waals surface area contributed by atoms with Crippen LogP contribution >= 0.6 is 27.7 Å². The average Bonchev–Trinajstić information content (AvgIpc) is 2.04. The highest BCUT2D eigenvalue weighted by Crippen LogP contribution is 2.43. The molecule has 0 radical (unpaired) electrons. The molecule has 7 heteroatoms. The highest BCUT2D eigenvalue weighted by molar-refractivity contribution is 9.10. The Morgan fingerprint density at radius 1 is 1.29 bits per heavy atom. The Bertz CT molecular complexity index is 352. The molecule has 1 aromatic rings. The number of benzene rings is 1. The van der Waals surface area contributed by atoms with Crippen LogP contribution in [0.25, 0.3) is 0 Å². The number of thioether (sulfide) groups is 1. The van der Waals surface area contributed by atoms with E-state index in [9.17, 15) is 17.6 Å². The summed E-state index contributed by atoms with van der Waals surface area (Å²) >= 11 is 2.17. The number of rotatable bonds is 1. The van der Waals surface area contributed by atoms with E-state index in [4.69, 9.17) is 5.11 Å². The van der Waals surface area contributed by atoms with Gasteiger partial charge in [0.25, 0.3) is 0 Å². The molecule has 0 spiro atoms. The van der Waals surface area contributed by atoms with Crippen molar-refractivity contribution in [1.29, 1.82) is 0 Å². The van der Waals surface area contributed by atoms with E-state index >= 15 is 0 Å². The fourth-order valence-corrected chi connectivity index (χ4v) is 1.62. The summed E-state index contributed by atoms with van der Waals surface area (Å²) in [5.41, 5.74) is -4.54. The Hall–Kier alpha value is -0.430. The van der Waals surface area contributed by atoms with E-state index in [1.165, 1.54) is 0 Å². The van der Waals surface area contributed by atoms with Crippen molar-refractivity contribution in [3.63, 3.8) is 0 Å². The lowest BCUT2D eigenvalue weighted by Crippen LogP contribution is -1.99. The van der Waals surface area contributed by atoms with E-state index in [-0.39, 0.29) is 4.47 Å². The van der Waals surface area contributed by atoms with Crippen LogP contribution in [0.3, 0.4) is 0 Å². The number of halogens is 5. The van der Waals surface area contributed by atoms with Gasteiger partial charge in [0.2, 0.25) is 0 Å². The highest BCUT2D eigenvalue weighted by Gasteiger charge is 2.31. The monoisotopic (exact) mass is 290 g/mol. The minimum absolute atomic E-state index is 0.0819.